The van der Waals surface area contributed by atoms with Crippen LogP contribution in [0.5, 0.6) is 0 Å². The molecule has 5 heteroatoms. The number of nitrogen functional groups attached to an aromatic ring is 1. The number of piperidine rings is 1. The molecule has 0 saturated carbocycles. The fourth-order valence-electron chi connectivity index (χ4n) is 2.44. The number of anilines is 2. The molecule has 1 aliphatic heterocycles. The second kappa shape index (κ2) is 7.26. The number of carbonyl (C=O) groups is 1. The van der Waals surface area contributed by atoms with E-state index in [-0.39, 0.29) is 5.91 Å². The van der Waals surface area contributed by atoms with Crippen LogP contribution in [0, 0.1) is 0 Å². The van der Waals surface area contributed by atoms with Gasteiger partial charge in [0, 0.05) is 31.1 Å². The molecular formula is C15H23N3O2. The molecule has 1 amide bonds. The smallest absolute Gasteiger partial charge is 0.238 e. The van der Waals surface area contributed by atoms with E-state index in [9.17, 15) is 4.79 Å². The zero-order chi connectivity index (χ0) is 14.4. The Hall–Kier alpha value is -1.59. The summed E-state index contributed by atoms with van der Waals surface area (Å²) >= 11 is 0. The number of nitrogens with one attached hydrogen (secondary N) is 1. The van der Waals surface area contributed by atoms with E-state index in [4.69, 9.17) is 10.5 Å². The van der Waals surface area contributed by atoms with Gasteiger partial charge in [-0.3, -0.25) is 9.69 Å². The van der Waals surface area contributed by atoms with E-state index in [1.165, 1.54) is 0 Å². The van der Waals surface area contributed by atoms with Gasteiger partial charge in [-0.05, 0) is 44.0 Å². The third-order valence-corrected chi connectivity index (χ3v) is 3.50. The molecule has 0 aromatic heterocycles. The van der Waals surface area contributed by atoms with Crippen LogP contribution in [0.25, 0.3) is 0 Å². The highest BCUT2D eigenvalue weighted by molar-refractivity contribution is 5.92. The van der Waals surface area contributed by atoms with Crippen molar-refractivity contribution in [3.8, 4) is 0 Å². The van der Waals surface area contributed by atoms with Gasteiger partial charge in [0.25, 0.3) is 0 Å². The lowest BCUT2D eigenvalue weighted by atomic mass is 10.1. The number of carbonyl (C=O) groups excluding carboxylic acids is 1. The number of hydrogen-bond acceptors (Lipinski definition) is 4. The molecule has 1 aliphatic rings. The predicted octanol–water partition coefficient (Wildman–Crippen LogP) is 1.71. The number of likely N-dealkylation sites (tertiary alicyclic amines) is 1. The maximum absolute atomic E-state index is 12.0. The third kappa shape index (κ3) is 4.51. The van der Waals surface area contributed by atoms with E-state index in [0.717, 1.165) is 38.2 Å². The molecule has 1 aromatic carbocycles. The number of amides is 1. The fraction of sp³-hybridized carbons (Fsp3) is 0.533. The molecule has 0 aliphatic carbocycles. The van der Waals surface area contributed by atoms with Crippen molar-refractivity contribution in [2.45, 2.75) is 25.9 Å². The van der Waals surface area contributed by atoms with Gasteiger partial charge in [0.05, 0.1) is 12.6 Å². The third-order valence-electron chi connectivity index (χ3n) is 3.50. The zero-order valence-electron chi connectivity index (χ0n) is 12.0. The maximum Gasteiger partial charge on any atom is 0.238 e. The summed E-state index contributed by atoms with van der Waals surface area (Å²) in [6.45, 7) is 5.05. The van der Waals surface area contributed by atoms with Crippen molar-refractivity contribution in [1.82, 2.24) is 4.90 Å². The van der Waals surface area contributed by atoms with Gasteiger partial charge in [-0.2, -0.15) is 0 Å². The summed E-state index contributed by atoms with van der Waals surface area (Å²) in [5.74, 6) is 0.0182. The normalized spacial score (nSPS) is 17.1. The first-order valence-electron chi connectivity index (χ1n) is 7.16. The Kier molecular flexibility index (Phi) is 5.38. The summed E-state index contributed by atoms with van der Waals surface area (Å²) in [5, 5.41) is 2.89. The molecule has 1 heterocycles. The van der Waals surface area contributed by atoms with Crippen molar-refractivity contribution >= 4 is 17.3 Å². The number of nitrogens with zero attached hydrogens (tertiary/aromatic N) is 1. The Labute approximate surface area is 120 Å². The molecule has 2 rings (SSSR count). The number of ether oxygens (including phenoxy) is 1. The minimum absolute atomic E-state index is 0.0182. The zero-order valence-corrected chi connectivity index (χ0v) is 12.0. The number of hydrogen-bond donors (Lipinski definition) is 2. The Balaban J connectivity index is 1.74. The average Bonchev–Trinajstić information content (AvgIpc) is 2.44. The Bertz CT molecular complexity index is 425. The van der Waals surface area contributed by atoms with E-state index in [2.05, 4.69) is 10.2 Å². The van der Waals surface area contributed by atoms with Crippen LogP contribution in [0.2, 0.25) is 0 Å². The lowest BCUT2D eigenvalue weighted by molar-refractivity contribution is -0.118. The summed E-state index contributed by atoms with van der Waals surface area (Å²) in [4.78, 5) is 14.1. The van der Waals surface area contributed by atoms with E-state index >= 15 is 0 Å². The molecule has 20 heavy (non-hydrogen) atoms. The highest BCUT2D eigenvalue weighted by Crippen LogP contribution is 2.14. The van der Waals surface area contributed by atoms with Crippen LogP contribution in [-0.4, -0.2) is 43.2 Å². The standard InChI is InChI=1S/C15H23N3O2/c1-2-20-14-7-9-18(10-8-14)11-15(19)17-13-5-3-12(16)4-6-13/h3-6,14H,2,7-11,16H2,1H3,(H,17,19). The van der Waals surface area contributed by atoms with Crippen LogP contribution in [-0.2, 0) is 9.53 Å². The monoisotopic (exact) mass is 277 g/mol. The summed E-state index contributed by atoms with van der Waals surface area (Å²) in [6, 6.07) is 7.19. The Morgan fingerprint density at radius 2 is 2.00 bits per heavy atom. The second-order valence-corrected chi connectivity index (χ2v) is 5.10. The van der Waals surface area contributed by atoms with E-state index in [0.29, 0.717) is 18.3 Å². The summed E-state index contributed by atoms with van der Waals surface area (Å²) < 4.78 is 5.60. The van der Waals surface area contributed by atoms with Crippen LogP contribution < -0.4 is 11.1 Å². The van der Waals surface area contributed by atoms with Gasteiger partial charge in [0.15, 0.2) is 0 Å². The minimum atomic E-state index is 0.0182. The van der Waals surface area contributed by atoms with E-state index in [1.807, 2.05) is 19.1 Å². The summed E-state index contributed by atoms with van der Waals surface area (Å²) in [5.41, 5.74) is 7.09. The van der Waals surface area contributed by atoms with Crippen molar-refractivity contribution in [3.05, 3.63) is 24.3 Å². The molecule has 0 bridgehead atoms. The van der Waals surface area contributed by atoms with Crippen molar-refractivity contribution < 1.29 is 9.53 Å². The van der Waals surface area contributed by atoms with Crippen molar-refractivity contribution in [2.24, 2.45) is 0 Å². The Morgan fingerprint density at radius 3 is 2.60 bits per heavy atom. The number of rotatable bonds is 5. The van der Waals surface area contributed by atoms with Crippen LogP contribution in [0.15, 0.2) is 24.3 Å². The number of nitrogens with two attached hydrogens (primary N) is 1. The average molecular weight is 277 g/mol. The molecule has 0 spiro atoms. The fourth-order valence-corrected chi connectivity index (χ4v) is 2.44. The second-order valence-electron chi connectivity index (χ2n) is 5.10. The highest BCUT2D eigenvalue weighted by Gasteiger charge is 2.20. The molecule has 1 saturated heterocycles. The van der Waals surface area contributed by atoms with Crippen molar-refractivity contribution in [3.63, 3.8) is 0 Å². The molecule has 0 atom stereocenters. The minimum Gasteiger partial charge on any atom is -0.399 e. The SMILES string of the molecule is CCOC1CCN(CC(=O)Nc2ccc(N)cc2)CC1. The lowest BCUT2D eigenvalue weighted by Gasteiger charge is -2.31. The Morgan fingerprint density at radius 1 is 1.35 bits per heavy atom. The number of benzene rings is 1. The topological polar surface area (TPSA) is 67.6 Å². The lowest BCUT2D eigenvalue weighted by Crippen LogP contribution is -2.41. The van der Waals surface area contributed by atoms with Gasteiger partial charge in [0.1, 0.15) is 0 Å². The molecule has 1 fully saturated rings. The van der Waals surface area contributed by atoms with Gasteiger partial charge in [-0.25, -0.2) is 0 Å². The van der Waals surface area contributed by atoms with Gasteiger partial charge in [-0.15, -0.1) is 0 Å². The molecule has 0 unspecified atom stereocenters. The maximum atomic E-state index is 12.0. The van der Waals surface area contributed by atoms with E-state index < -0.39 is 0 Å². The van der Waals surface area contributed by atoms with Crippen LogP contribution in [0.1, 0.15) is 19.8 Å². The van der Waals surface area contributed by atoms with Gasteiger partial charge >= 0.3 is 0 Å². The quantitative estimate of drug-likeness (QED) is 0.804. The van der Waals surface area contributed by atoms with Gasteiger partial charge < -0.3 is 15.8 Å². The molecule has 0 radical (unpaired) electrons. The highest BCUT2D eigenvalue weighted by atomic mass is 16.5. The first-order valence-corrected chi connectivity index (χ1v) is 7.16. The molecular weight excluding hydrogens is 254 g/mol. The van der Waals surface area contributed by atoms with Crippen LogP contribution in [0.3, 0.4) is 0 Å². The van der Waals surface area contributed by atoms with Crippen molar-refractivity contribution in [1.29, 1.82) is 0 Å². The van der Waals surface area contributed by atoms with E-state index in [1.54, 1.807) is 12.1 Å². The molecule has 5 nitrogen and oxygen atoms in total. The predicted molar refractivity (Wildman–Crippen MR) is 80.6 cm³/mol. The first-order chi connectivity index (χ1) is 9.67. The van der Waals surface area contributed by atoms with Gasteiger partial charge in [-0.1, -0.05) is 0 Å². The largest absolute Gasteiger partial charge is 0.399 e. The van der Waals surface area contributed by atoms with Gasteiger partial charge in [0.2, 0.25) is 5.91 Å². The van der Waals surface area contributed by atoms with Crippen LogP contribution in [0.4, 0.5) is 11.4 Å². The van der Waals surface area contributed by atoms with Crippen LogP contribution >= 0.6 is 0 Å². The molecule has 110 valence electrons. The van der Waals surface area contributed by atoms with Crippen molar-refractivity contribution in [2.75, 3.05) is 37.3 Å². The summed E-state index contributed by atoms with van der Waals surface area (Å²) in [6.07, 6.45) is 2.36. The molecule has 1 aromatic rings. The molecule has 3 N–H and O–H groups in total. The summed E-state index contributed by atoms with van der Waals surface area (Å²) in [7, 11) is 0. The first kappa shape index (κ1) is 14.8.